The van der Waals surface area contributed by atoms with Crippen LogP contribution in [0.15, 0.2) is 42.5 Å². The van der Waals surface area contributed by atoms with Gasteiger partial charge in [-0.3, -0.25) is 4.79 Å². The van der Waals surface area contributed by atoms with Gasteiger partial charge in [0.15, 0.2) is 6.61 Å². The lowest BCUT2D eigenvalue weighted by Crippen LogP contribution is -2.25. The third kappa shape index (κ3) is 2.97. The molecule has 3 rings (SSSR count). The Hall–Kier alpha value is -2.56. The lowest BCUT2D eigenvalue weighted by atomic mass is 10.1. The summed E-state index contributed by atoms with van der Waals surface area (Å²) < 4.78 is 18.2. The fourth-order valence-electron chi connectivity index (χ4n) is 2.26. The molecule has 1 aliphatic heterocycles. The second-order valence-electron chi connectivity index (χ2n) is 4.97. The number of anilines is 2. The zero-order valence-corrected chi connectivity index (χ0v) is 11.5. The summed E-state index contributed by atoms with van der Waals surface area (Å²) in [4.78, 5) is 11.3. The fraction of sp³-hybridized carbons (Fsp3) is 0.188. The van der Waals surface area contributed by atoms with Crippen LogP contribution in [0.5, 0.6) is 5.75 Å². The Kier molecular flexibility index (Phi) is 3.48. The minimum absolute atomic E-state index is 0.0175. The highest BCUT2D eigenvalue weighted by molar-refractivity contribution is 5.96. The van der Waals surface area contributed by atoms with E-state index < -0.39 is 0 Å². The van der Waals surface area contributed by atoms with Crippen molar-refractivity contribution in [3.8, 4) is 5.75 Å². The van der Waals surface area contributed by atoms with E-state index in [1.807, 2.05) is 25.1 Å². The molecule has 0 aromatic heterocycles. The van der Waals surface area contributed by atoms with Gasteiger partial charge in [0.05, 0.1) is 5.69 Å². The van der Waals surface area contributed by atoms with Gasteiger partial charge < -0.3 is 15.4 Å². The van der Waals surface area contributed by atoms with E-state index in [1.165, 1.54) is 12.1 Å². The molecule has 1 unspecified atom stereocenters. The lowest BCUT2D eigenvalue weighted by molar-refractivity contribution is -0.118. The van der Waals surface area contributed by atoms with Crippen LogP contribution < -0.4 is 15.4 Å². The standard InChI is InChI=1S/C16H15FN2O2/c1-10(11-2-4-12(17)5-3-11)18-13-6-7-15-14(8-13)19-16(20)9-21-15/h2-8,10,18H,9H2,1H3,(H,19,20). The first-order valence-electron chi connectivity index (χ1n) is 6.70. The van der Waals surface area contributed by atoms with Gasteiger partial charge in [-0.1, -0.05) is 12.1 Å². The average molecular weight is 286 g/mol. The number of halogens is 1. The summed E-state index contributed by atoms with van der Waals surface area (Å²) in [5.41, 5.74) is 2.49. The number of rotatable bonds is 3. The maximum absolute atomic E-state index is 12.9. The first kappa shape index (κ1) is 13.4. The maximum atomic E-state index is 12.9. The molecule has 0 radical (unpaired) electrons. The molecule has 0 saturated carbocycles. The van der Waals surface area contributed by atoms with Crippen molar-refractivity contribution in [2.24, 2.45) is 0 Å². The van der Waals surface area contributed by atoms with Gasteiger partial charge in [-0.05, 0) is 42.8 Å². The summed E-state index contributed by atoms with van der Waals surface area (Å²) in [6.07, 6.45) is 0. The number of fused-ring (bicyclic) bond motifs is 1. The van der Waals surface area contributed by atoms with Crippen molar-refractivity contribution < 1.29 is 13.9 Å². The van der Waals surface area contributed by atoms with Crippen molar-refractivity contribution in [1.29, 1.82) is 0 Å². The van der Waals surface area contributed by atoms with Gasteiger partial charge in [-0.15, -0.1) is 0 Å². The molecule has 0 aliphatic carbocycles. The topological polar surface area (TPSA) is 50.4 Å². The van der Waals surface area contributed by atoms with Gasteiger partial charge in [0, 0.05) is 11.7 Å². The Morgan fingerprint density at radius 3 is 2.76 bits per heavy atom. The zero-order valence-electron chi connectivity index (χ0n) is 11.5. The number of hydrogen-bond donors (Lipinski definition) is 2. The van der Waals surface area contributed by atoms with Crippen LogP contribution in [0.2, 0.25) is 0 Å². The van der Waals surface area contributed by atoms with Crippen LogP contribution in [0, 0.1) is 5.82 Å². The number of carbonyl (C=O) groups is 1. The van der Waals surface area contributed by atoms with E-state index in [2.05, 4.69) is 10.6 Å². The molecule has 108 valence electrons. The number of hydrogen-bond acceptors (Lipinski definition) is 3. The van der Waals surface area contributed by atoms with Gasteiger partial charge in [-0.25, -0.2) is 4.39 Å². The summed E-state index contributed by atoms with van der Waals surface area (Å²) >= 11 is 0. The Labute approximate surface area is 121 Å². The van der Waals surface area contributed by atoms with Crippen LogP contribution in [0.25, 0.3) is 0 Å². The van der Waals surface area contributed by atoms with Crippen molar-refractivity contribution in [3.63, 3.8) is 0 Å². The summed E-state index contributed by atoms with van der Waals surface area (Å²) in [6.45, 7) is 2.04. The van der Waals surface area contributed by atoms with Crippen LogP contribution in [0.3, 0.4) is 0 Å². The van der Waals surface area contributed by atoms with E-state index in [9.17, 15) is 9.18 Å². The monoisotopic (exact) mass is 286 g/mol. The molecule has 2 N–H and O–H groups in total. The summed E-state index contributed by atoms with van der Waals surface area (Å²) in [5, 5.41) is 6.08. The van der Waals surface area contributed by atoms with Crippen molar-refractivity contribution in [2.75, 3.05) is 17.2 Å². The minimum atomic E-state index is -0.250. The van der Waals surface area contributed by atoms with Gasteiger partial charge in [0.2, 0.25) is 0 Å². The molecule has 1 amide bonds. The van der Waals surface area contributed by atoms with E-state index in [1.54, 1.807) is 12.1 Å². The molecule has 5 heteroatoms. The van der Waals surface area contributed by atoms with Crippen LogP contribution in [0.1, 0.15) is 18.5 Å². The smallest absolute Gasteiger partial charge is 0.262 e. The normalized spacial score (nSPS) is 14.7. The molecule has 1 atom stereocenters. The molecule has 0 saturated heterocycles. The lowest BCUT2D eigenvalue weighted by Gasteiger charge is -2.21. The number of carbonyl (C=O) groups excluding carboxylic acids is 1. The van der Waals surface area contributed by atoms with Crippen LogP contribution in [-0.4, -0.2) is 12.5 Å². The van der Waals surface area contributed by atoms with Gasteiger partial charge in [0.25, 0.3) is 5.91 Å². The van der Waals surface area contributed by atoms with Gasteiger partial charge in [0.1, 0.15) is 11.6 Å². The van der Waals surface area contributed by atoms with Gasteiger partial charge in [-0.2, -0.15) is 0 Å². The fourth-order valence-corrected chi connectivity index (χ4v) is 2.26. The Morgan fingerprint density at radius 2 is 2.00 bits per heavy atom. The highest BCUT2D eigenvalue weighted by Gasteiger charge is 2.16. The molecular weight excluding hydrogens is 271 g/mol. The van der Waals surface area contributed by atoms with E-state index in [-0.39, 0.29) is 24.4 Å². The van der Waals surface area contributed by atoms with Crippen molar-refractivity contribution in [3.05, 3.63) is 53.8 Å². The Morgan fingerprint density at radius 1 is 1.24 bits per heavy atom. The third-order valence-corrected chi connectivity index (χ3v) is 3.37. The predicted molar refractivity (Wildman–Crippen MR) is 79.0 cm³/mol. The second kappa shape index (κ2) is 5.44. The van der Waals surface area contributed by atoms with E-state index in [4.69, 9.17) is 4.74 Å². The molecule has 2 aromatic carbocycles. The Balaban J connectivity index is 1.77. The quantitative estimate of drug-likeness (QED) is 0.910. The number of benzene rings is 2. The summed E-state index contributed by atoms with van der Waals surface area (Å²) in [7, 11) is 0. The van der Waals surface area contributed by atoms with E-state index in [0.717, 1.165) is 11.3 Å². The maximum Gasteiger partial charge on any atom is 0.262 e. The predicted octanol–water partition coefficient (Wildman–Crippen LogP) is 3.33. The molecule has 2 aromatic rings. The summed E-state index contributed by atoms with van der Waals surface area (Å²) in [5.74, 6) is 0.250. The highest BCUT2D eigenvalue weighted by atomic mass is 19.1. The number of ether oxygens (including phenoxy) is 1. The molecular formula is C16H15FN2O2. The van der Waals surface area contributed by atoms with Crippen molar-refractivity contribution in [2.45, 2.75) is 13.0 Å². The Bertz CT molecular complexity index is 670. The molecule has 1 aliphatic rings. The first-order valence-corrected chi connectivity index (χ1v) is 6.70. The molecule has 0 spiro atoms. The zero-order chi connectivity index (χ0) is 14.8. The number of nitrogens with one attached hydrogen (secondary N) is 2. The van der Waals surface area contributed by atoms with Crippen LogP contribution >= 0.6 is 0 Å². The van der Waals surface area contributed by atoms with Crippen molar-refractivity contribution in [1.82, 2.24) is 0 Å². The largest absolute Gasteiger partial charge is 0.482 e. The molecule has 21 heavy (non-hydrogen) atoms. The molecule has 4 nitrogen and oxygen atoms in total. The summed E-state index contributed by atoms with van der Waals surface area (Å²) in [6, 6.07) is 11.9. The van der Waals surface area contributed by atoms with Crippen molar-refractivity contribution >= 4 is 17.3 Å². The van der Waals surface area contributed by atoms with Crippen LogP contribution in [0.4, 0.5) is 15.8 Å². The first-order chi connectivity index (χ1) is 10.1. The number of amides is 1. The third-order valence-electron chi connectivity index (χ3n) is 3.37. The molecule has 0 bridgehead atoms. The van der Waals surface area contributed by atoms with E-state index in [0.29, 0.717) is 11.4 Å². The second-order valence-corrected chi connectivity index (χ2v) is 4.97. The highest BCUT2D eigenvalue weighted by Crippen LogP contribution is 2.31. The SMILES string of the molecule is CC(Nc1ccc2c(c1)NC(=O)CO2)c1ccc(F)cc1. The van der Waals surface area contributed by atoms with E-state index >= 15 is 0 Å². The van der Waals surface area contributed by atoms with Gasteiger partial charge >= 0.3 is 0 Å². The molecule has 0 fully saturated rings. The van der Waals surface area contributed by atoms with Crippen LogP contribution in [-0.2, 0) is 4.79 Å². The average Bonchev–Trinajstić information content (AvgIpc) is 2.47. The minimum Gasteiger partial charge on any atom is -0.482 e. The molecule has 1 heterocycles.